The number of aliphatic hydroxyl groups excluding tert-OH is 3. The van der Waals surface area contributed by atoms with Crippen LogP contribution in [0.2, 0.25) is 0 Å². The van der Waals surface area contributed by atoms with Crippen LogP contribution < -0.4 is 0 Å². The second-order valence-electron chi connectivity index (χ2n) is 16.7. The van der Waals surface area contributed by atoms with Crippen molar-refractivity contribution in [2.24, 2.45) is 0 Å². The summed E-state index contributed by atoms with van der Waals surface area (Å²) in [4.78, 5) is 12.9. The molecule has 6 atom stereocenters. The lowest BCUT2D eigenvalue weighted by Crippen LogP contribution is -2.60. The lowest BCUT2D eigenvalue weighted by Gasteiger charge is -2.41. The number of hydrogen-bond acceptors (Lipinski definition) is 11. The summed E-state index contributed by atoms with van der Waals surface area (Å²) in [6.45, 7) is 3.87. The van der Waals surface area contributed by atoms with E-state index in [1.807, 2.05) is 0 Å². The maximum atomic E-state index is 12.9. The van der Waals surface area contributed by atoms with Gasteiger partial charge in [-0.05, 0) is 44.9 Å². The van der Waals surface area contributed by atoms with Crippen molar-refractivity contribution >= 4 is 16.4 Å². The zero-order chi connectivity index (χ0) is 44.7. The molecule has 358 valence electrons. The average Bonchev–Trinajstić information content (AvgIpc) is 3.23. The normalized spacial score (nSPS) is 20.4. The van der Waals surface area contributed by atoms with Crippen molar-refractivity contribution in [1.82, 2.24) is 0 Å². The van der Waals surface area contributed by atoms with Crippen molar-refractivity contribution in [3.8, 4) is 0 Å². The number of rotatable bonds is 42. The van der Waals surface area contributed by atoms with Crippen LogP contribution in [0.15, 0.2) is 36.5 Å². The molecule has 1 heterocycles. The van der Waals surface area contributed by atoms with Gasteiger partial charge in [-0.2, -0.15) is 8.42 Å². The number of ether oxygens (including phenoxy) is 4. The fourth-order valence-corrected chi connectivity index (χ4v) is 7.90. The third-order valence-electron chi connectivity index (χ3n) is 11.0. The number of allylic oxidation sites excluding steroid dienone is 6. The number of carbonyl (C=O) groups excluding carboxylic acids is 1. The van der Waals surface area contributed by atoms with Crippen LogP contribution in [0.1, 0.15) is 200 Å². The molecule has 0 radical (unpaired) electrons. The van der Waals surface area contributed by atoms with Crippen LogP contribution in [0.5, 0.6) is 0 Å². The minimum Gasteiger partial charge on any atom is -0.457 e. The molecule has 0 aromatic heterocycles. The van der Waals surface area contributed by atoms with Crippen LogP contribution in [0, 0.1) is 0 Å². The van der Waals surface area contributed by atoms with Gasteiger partial charge in [-0.3, -0.25) is 9.35 Å². The van der Waals surface area contributed by atoms with Crippen molar-refractivity contribution in [1.29, 1.82) is 0 Å². The van der Waals surface area contributed by atoms with Crippen molar-refractivity contribution in [2.75, 3.05) is 26.4 Å². The first-order valence-corrected chi connectivity index (χ1v) is 25.6. The summed E-state index contributed by atoms with van der Waals surface area (Å²) < 4.78 is 59.1. The van der Waals surface area contributed by atoms with Gasteiger partial charge in [-0.15, -0.1) is 0 Å². The second-order valence-corrected chi connectivity index (χ2v) is 17.7. The molecule has 61 heavy (non-hydrogen) atoms. The first-order valence-electron chi connectivity index (χ1n) is 24.2. The topological polar surface area (TPSA) is 178 Å². The van der Waals surface area contributed by atoms with Crippen molar-refractivity contribution < 1.29 is 56.2 Å². The number of unbranched alkanes of at least 4 members (excludes halogenated alkanes) is 23. The lowest BCUT2D eigenvalue weighted by molar-refractivity contribution is -0.301. The van der Waals surface area contributed by atoms with Gasteiger partial charge in [0.05, 0.1) is 19.8 Å². The maximum Gasteiger partial charge on any atom is 0.397 e. The van der Waals surface area contributed by atoms with E-state index in [0.29, 0.717) is 13.0 Å². The number of hydrogen-bond donors (Lipinski definition) is 4. The van der Waals surface area contributed by atoms with E-state index in [-0.39, 0.29) is 19.6 Å². The van der Waals surface area contributed by atoms with Crippen LogP contribution in [-0.4, -0.2) is 97.5 Å². The number of carbonyl (C=O) groups is 1. The molecule has 1 fully saturated rings. The molecule has 6 unspecified atom stereocenters. The first-order chi connectivity index (χ1) is 29.6. The van der Waals surface area contributed by atoms with E-state index in [9.17, 15) is 33.1 Å². The molecule has 12 nitrogen and oxygen atoms in total. The van der Waals surface area contributed by atoms with Gasteiger partial charge in [0, 0.05) is 13.0 Å². The molecule has 1 saturated heterocycles. The Kier molecular flexibility index (Phi) is 37.5. The Hall–Kier alpha value is -1.68. The van der Waals surface area contributed by atoms with E-state index in [0.717, 1.165) is 70.6 Å². The summed E-state index contributed by atoms with van der Waals surface area (Å²) in [6, 6.07) is 0. The van der Waals surface area contributed by atoms with Gasteiger partial charge in [0.15, 0.2) is 6.29 Å². The molecule has 0 bridgehead atoms. The summed E-state index contributed by atoms with van der Waals surface area (Å²) in [6.07, 6.45) is 37.5. The molecular weight excluding hydrogens is 801 g/mol. The van der Waals surface area contributed by atoms with Gasteiger partial charge < -0.3 is 34.3 Å². The predicted molar refractivity (Wildman–Crippen MR) is 243 cm³/mol. The molecule has 0 spiro atoms. The molecule has 0 aromatic carbocycles. The Balaban J connectivity index is 2.39. The quantitative estimate of drug-likeness (QED) is 0.0198. The second kappa shape index (κ2) is 39.9. The average molecular weight is 889 g/mol. The summed E-state index contributed by atoms with van der Waals surface area (Å²) in [7, 11) is -5.06. The molecule has 1 aliphatic rings. The minimum atomic E-state index is -5.06. The third-order valence-corrected chi connectivity index (χ3v) is 11.5. The van der Waals surface area contributed by atoms with Crippen molar-refractivity contribution in [2.45, 2.75) is 237 Å². The number of aliphatic hydroxyl groups is 3. The summed E-state index contributed by atoms with van der Waals surface area (Å²) in [5.41, 5.74) is 0. The Morgan fingerprint density at radius 3 is 1.66 bits per heavy atom. The molecule has 13 heteroatoms. The molecule has 1 aliphatic heterocycles. The monoisotopic (exact) mass is 889 g/mol. The van der Waals surface area contributed by atoms with E-state index in [4.69, 9.17) is 18.9 Å². The minimum absolute atomic E-state index is 0.0294. The fraction of sp³-hybridized carbons (Fsp3) is 0.854. The van der Waals surface area contributed by atoms with Gasteiger partial charge in [0.2, 0.25) is 0 Å². The van der Waals surface area contributed by atoms with Gasteiger partial charge in [0.1, 0.15) is 30.5 Å². The molecular formula is C48H88O12S. The van der Waals surface area contributed by atoms with Gasteiger partial charge >= 0.3 is 16.4 Å². The van der Waals surface area contributed by atoms with Gasteiger partial charge in [-0.25, -0.2) is 4.18 Å². The highest BCUT2D eigenvalue weighted by Gasteiger charge is 2.48. The SMILES string of the molecule is CC/C=C\C/C=C\C/C=C\CCCCCCCCOCC(COC1OC(CO)C(O)C(OS(=O)(=O)O)C1O)OC(=O)CCCCCCCCCCCCCCCCCCCC. The van der Waals surface area contributed by atoms with Crippen LogP contribution in [-0.2, 0) is 38.3 Å². The van der Waals surface area contributed by atoms with E-state index < -0.39 is 59.8 Å². The zero-order valence-corrected chi connectivity index (χ0v) is 39.0. The standard InChI is InChI=1S/C48H88O12S/c1-3-5-7-9-11-13-15-17-19-21-22-23-25-27-29-31-33-35-37-44(50)58-42(41-57-48-46(52)47(60-61(53,54)55)45(51)43(39-49)59-48)40-56-38-36-34-32-30-28-26-24-20-18-16-14-12-10-8-6-4-2/h6,8,12,14,18,20,42-43,45-49,51-52H,3-5,7,9-11,13,15-17,19,21-41H2,1-2H3,(H,53,54,55)/b8-6-,14-12-,20-18-. The van der Waals surface area contributed by atoms with Gasteiger partial charge in [-0.1, -0.05) is 185 Å². The van der Waals surface area contributed by atoms with E-state index in [1.54, 1.807) is 0 Å². The van der Waals surface area contributed by atoms with Crippen molar-refractivity contribution in [3.05, 3.63) is 36.5 Å². The first kappa shape index (κ1) is 57.3. The highest BCUT2D eigenvalue weighted by molar-refractivity contribution is 7.80. The van der Waals surface area contributed by atoms with E-state index in [2.05, 4.69) is 54.5 Å². The Labute approximate surface area is 371 Å². The summed E-state index contributed by atoms with van der Waals surface area (Å²) in [5.74, 6) is -0.402. The Morgan fingerprint density at radius 1 is 0.639 bits per heavy atom. The van der Waals surface area contributed by atoms with Crippen molar-refractivity contribution in [3.63, 3.8) is 0 Å². The molecule has 0 aliphatic carbocycles. The summed E-state index contributed by atoms with van der Waals surface area (Å²) >= 11 is 0. The third kappa shape index (κ3) is 33.5. The van der Waals surface area contributed by atoms with Crippen LogP contribution in [0.3, 0.4) is 0 Å². The van der Waals surface area contributed by atoms with Gasteiger partial charge in [0.25, 0.3) is 0 Å². The maximum absolute atomic E-state index is 12.9. The Bertz CT molecular complexity index is 1210. The summed E-state index contributed by atoms with van der Waals surface area (Å²) in [5, 5.41) is 30.7. The molecule has 0 aromatic rings. The van der Waals surface area contributed by atoms with E-state index >= 15 is 0 Å². The van der Waals surface area contributed by atoms with Crippen LogP contribution in [0.4, 0.5) is 0 Å². The smallest absolute Gasteiger partial charge is 0.397 e. The highest BCUT2D eigenvalue weighted by Crippen LogP contribution is 2.26. The molecule has 1 rings (SSSR count). The van der Waals surface area contributed by atoms with Crippen LogP contribution in [0.25, 0.3) is 0 Å². The number of esters is 1. The zero-order valence-electron chi connectivity index (χ0n) is 38.2. The van der Waals surface area contributed by atoms with E-state index in [1.165, 1.54) is 103 Å². The molecule has 0 saturated carbocycles. The predicted octanol–water partition coefficient (Wildman–Crippen LogP) is 10.6. The molecule has 4 N–H and O–H groups in total. The Morgan fingerprint density at radius 2 is 1.13 bits per heavy atom. The fourth-order valence-electron chi connectivity index (χ4n) is 7.39. The van der Waals surface area contributed by atoms with Crippen LogP contribution >= 0.6 is 0 Å². The lowest BCUT2D eigenvalue weighted by atomic mass is 9.99. The largest absolute Gasteiger partial charge is 0.457 e. The molecule has 0 amide bonds. The highest BCUT2D eigenvalue weighted by atomic mass is 32.3.